The van der Waals surface area contributed by atoms with Gasteiger partial charge in [-0.1, -0.05) is 41.0 Å². The van der Waals surface area contributed by atoms with Gasteiger partial charge >= 0.3 is 10.4 Å². The van der Waals surface area contributed by atoms with Crippen molar-refractivity contribution < 1.29 is 27.1 Å². The van der Waals surface area contributed by atoms with Crippen LogP contribution >= 0.6 is 0 Å². The van der Waals surface area contributed by atoms with Crippen LogP contribution in [0.4, 0.5) is 0 Å². The highest BCUT2D eigenvalue weighted by molar-refractivity contribution is 7.80. The molecule has 0 aromatic rings. The Hall–Kier alpha value is -0.500. The van der Waals surface area contributed by atoms with E-state index in [1.165, 1.54) is 44.9 Å². The second-order valence-electron chi connectivity index (χ2n) is 13.5. The first-order chi connectivity index (χ1) is 16.3. The minimum atomic E-state index is -4.52. The van der Waals surface area contributed by atoms with E-state index in [0.717, 1.165) is 18.8 Å². The predicted octanol–water partition coefficient (Wildman–Crippen LogP) is 5.69. The van der Waals surface area contributed by atoms with E-state index in [1.54, 1.807) is 6.92 Å². The third-order valence-electron chi connectivity index (χ3n) is 11.6. The second kappa shape index (κ2) is 9.99. The van der Waals surface area contributed by atoms with E-state index in [-0.39, 0.29) is 23.9 Å². The lowest BCUT2D eigenvalue weighted by Gasteiger charge is -2.62. The largest absolute Gasteiger partial charge is 0.397 e. The van der Waals surface area contributed by atoms with Gasteiger partial charge in [-0.15, -0.1) is 0 Å². The summed E-state index contributed by atoms with van der Waals surface area (Å²) < 4.78 is 34.8. The average Bonchev–Trinajstić information content (AvgIpc) is 3.13. The summed E-state index contributed by atoms with van der Waals surface area (Å²) in [5.74, 6) is 3.45. The third-order valence-corrected chi connectivity index (χ3v) is 12.0. The molecule has 0 heterocycles. The van der Waals surface area contributed by atoms with Gasteiger partial charge in [-0.25, -0.2) is 4.18 Å². The molecule has 5 unspecified atom stereocenters. The van der Waals surface area contributed by atoms with Gasteiger partial charge in [-0.3, -0.25) is 9.35 Å². The van der Waals surface area contributed by atoms with Crippen LogP contribution in [0, 0.1) is 58.2 Å². The molecule has 0 amide bonds. The van der Waals surface area contributed by atoms with Crippen LogP contribution in [0.3, 0.4) is 0 Å². The minimum Gasteiger partial charge on any atom is -0.393 e. The molecular formula is C28H48O6S. The van der Waals surface area contributed by atoms with Crippen molar-refractivity contribution >= 4 is 16.2 Å². The summed E-state index contributed by atoms with van der Waals surface area (Å²) in [6, 6.07) is 0. The molecule has 0 aromatic carbocycles. The molecule has 7 heteroatoms. The number of hydrogen-bond donors (Lipinski definition) is 2. The normalized spacial score (nSPS) is 45.2. The summed E-state index contributed by atoms with van der Waals surface area (Å²) >= 11 is 0. The maximum Gasteiger partial charge on any atom is 0.397 e. The molecule has 2 N–H and O–H groups in total. The maximum atomic E-state index is 12.6. The van der Waals surface area contributed by atoms with Gasteiger partial charge in [0.25, 0.3) is 0 Å². The lowest BCUT2D eigenvalue weighted by atomic mass is 9.43. The van der Waals surface area contributed by atoms with Crippen LogP contribution < -0.4 is 0 Å². The number of carbonyl (C=O) groups excluding carboxylic acids is 1. The molecule has 0 bridgehead atoms. The summed E-state index contributed by atoms with van der Waals surface area (Å²) in [5, 5.41) is 11.5. The number of rotatable bonds is 8. The topological polar surface area (TPSA) is 101 Å². The Bertz CT molecular complexity index is 888. The van der Waals surface area contributed by atoms with Crippen molar-refractivity contribution in [3.8, 4) is 0 Å². The SMILES string of the molecule is CC(COS(=O)(=O)O)C(=O)CC[C@@H](C)C1CCC2C3C(CC[C@@]21C)[C@@]1(C)CC[C@H](C)C[C@@H]1C[C@H]3O. The van der Waals surface area contributed by atoms with Gasteiger partial charge in [0.15, 0.2) is 0 Å². The Morgan fingerprint density at radius 2 is 1.69 bits per heavy atom. The van der Waals surface area contributed by atoms with Crippen LogP contribution in [-0.4, -0.2) is 36.6 Å². The van der Waals surface area contributed by atoms with Gasteiger partial charge in [-0.2, -0.15) is 8.42 Å². The Kier molecular flexibility index (Phi) is 7.86. The van der Waals surface area contributed by atoms with Crippen molar-refractivity contribution in [3.63, 3.8) is 0 Å². The lowest BCUT2D eigenvalue weighted by molar-refractivity contribution is -0.168. The van der Waals surface area contributed by atoms with E-state index >= 15 is 0 Å². The Labute approximate surface area is 212 Å². The van der Waals surface area contributed by atoms with Crippen LogP contribution in [0.2, 0.25) is 0 Å². The van der Waals surface area contributed by atoms with Crippen molar-refractivity contribution in [2.24, 2.45) is 58.2 Å². The summed E-state index contributed by atoms with van der Waals surface area (Å²) in [6.07, 6.45) is 10.7. The van der Waals surface area contributed by atoms with E-state index in [4.69, 9.17) is 4.55 Å². The molecule has 4 rings (SSSR count). The molecule has 4 fully saturated rings. The number of ketones is 1. The standard InChI is InChI=1S/C28H48O6S/c1-17-10-12-27(4)20(14-17)15-25(30)26-22-8-7-21(28(22,5)13-11-23(26)27)18(2)6-9-24(29)19(3)16-34-35(31,32)33/h17-23,25-26,30H,6-16H2,1-5H3,(H,31,32,33)/t17-,18+,19?,20+,21?,22?,23?,25+,26?,27-,28+/m0/s1. The highest BCUT2D eigenvalue weighted by Gasteiger charge is 2.62. The van der Waals surface area contributed by atoms with Gasteiger partial charge in [0.1, 0.15) is 5.78 Å². The van der Waals surface area contributed by atoms with Gasteiger partial charge in [-0.05, 0) is 104 Å². The van der Waals surface area contributed by atoms with Gasteiger partial charge < -0.3 is 5.11 Å². The molecule has 0 saturated heterocycles. The highest BCUT2D eigenvalue weighted by atomic mass is 32.3. The summed E-state index contributed by atoms with van der Waals surface area (Å²) in [7, 11) is -4.52. The second-order valence-corrected chi connectivity index (χ2v) is 14.6. The molecule has 4 aliphatic carbocycles. The minimum absolute atomic E-state index is 0.0166. The van der Waals surface area contributed by atoms with Crippen LogP contribution in [0.15, 0.2) is 0 Å². The van der Waals surface area contributed by atoms with Crippen LogP contribution in [0.25, 0.3) is 0 Å². The van der Waals surface area contributed by atoms with Crippen molar-refractivity contribution in [1.82, 2.24) is 0 Å². The fourth-order valence-corrected chi connectivity index (χ4v) is 9.89. The number of Topliss-reactive ketones (excluding diaryl/α,β-unsaturated/α-hetero) is 1. The highest BCUT2D eigenvalue weighted by Crippen LogP contribution is 2.68. The molecule has 35 heavy (non-hydrogen) atoms. The fraction of sp³-hybridized carbons (Fsp3) is 0.964. The average molecular weight is 513 g/mol. The lowest BCUT2D eigenvalue weighted by Crippen LogP contribution is -2.58. The van der Waals surface area contributed by atoms with Crippen LogP contribution in [0.5, 0.6) is 0 Å². The molecule has 0 spiro atoms. The maximum absolute atomic E-state index is 12.6. The van der Waals surface area contributed by atoms with Crippen molar-refractivity contribution in [3.05, 3.63) is 0 Å². The molecule has 4 saturated carbocycles. The van der Waals surface area contributed by atoms with E-state index in [2.05, 4.69) is 31.9 Å². The summed E-state index contributed by atoms with van der Waals surface area (Å²) in [6.45, 7) is 11.0. The first kappa shape index (κ1) is 27.5. The van der Waals surface area contributed by atoms with E-state index in [9.17, 15) is 18.3 Å². The number of fused-ring (bicyclic) bond motifs is 5. The van der Waals surface area contributed by atoms with Crippen molar-refractivity contribution in [1.29, 1.82) is 0 Å². The molecule has 6 nitrogen and oxygen atoms in total. The molecular weight excluding hydrogens is 464 g/mol. The molecule has 0 aliphatic heterocycles. The first-order valence-corrected chi connectivity index (χ1v) is 15.5. The van der Waals surface area contributed by atoms with E-state index in [0.29, 0.717) is 47.3 Å². The zero-order valence-corrected chi connectivity index (χ0v) is 23.2. The molecule has 11 atom stereocenters. The first-order valence-electron chi connectivity index (χ1n) is 14.1. The molecule has 4 aliphatic rings. The number of hydrogen-bond acceptors (Lipinski definition) is 5. The van der Waals surface area contributed by atoms with Gasteiger partial charge in [0, 0.05) is 12.3 Å². The Balaban J connectivity index is 1.40. The predicted molar refractivity (Wildman–Crippen MR) is 136 cm³/mol. The quantitative estimate of drug-likeness (QED) is 0.405. The fourth-order valence-electron chi connectivity index (χ4n) is 9.51. The van der Waals surface area contributed by atoms with Gasteiger partial charge in [0.05, 0.1) is 12.7 Å². The van der Waals surface area contributed by atoms with Crippen molar-refractivity contribution in [2.75, 3.05) is 6.61 Å². The monoisotopic (exact) mass is 512 g/mol. The Morgan fingerprint density at radius 1 is 1.03 bits per heavy atom. The number of aliphatic hydroxyl groups is 1. The molecule has 0 radical (unpaired) electrons. The van der Waals surface area contributed by atoms with Crippen LogP contribution in [-0.2, 0) is 19.4 Å². The van der Waals surface area contributed by atoms with Crippen LogP contribution in [0.1, 0.15) is 98.8 Å². The Morgan fingerprint density at radius 3 is 2.37 bits per heavy atom. The van der Waals surface area contributed by atoms with E-state index in [1.807, 2.05) is 0 Å². The molecule has 0 aromatic heterocycles. The van der Waals surface area contributed by atoms with Crippen molar-refractivity contribution in [2.45, 2.75) is 105 Å². The molecule has 202 valence electrons. The van der Waals surface area contributed by atoms with E-state index < -0.39 is 16.3 Å². The smallest absolute Gasteiger partial charge is 0.393 e. The zero-order valence-electron chi connectivity index (χ0n) is 22.4. The summed E-state index contributed by atoms with van der Waals surface area (Å²) in [4.78, 5) is 12.6. The van der Waals surface area contributed by atoms with Gasteiger partial charge in [0.2, 0.25) is 0 Å². The number of aliphatic hydroxyl groups excluding tert-OH is 1. The third kappa shape index (κ3) is 5.26. The zero-order chi connectivity index (χ0) is 25.8. The number of carbonyl (C=O) groups is 1. The summed E-state index contributed by atoms with van der Waals surface area (Å²) in [5.41, 5.74) is 0.601.